The van der Waals surface area contributed by atoms with E-state index in [1.165, 1.54) is 0 Å². The minimum Gasteiger partial charge on any atom is -0.508 e. The van der Waals surface area contributed by atoms with Crippen LogP contribution >= 0.6 is 11.8 Å². The average Bonchev–Trinajstić information content (AvgIpc) is 2.19. The van der Waals surface area contributed by atoms with Gasteiger partial charge in [-0.1, -0.05) is 27.7 Å². The Morgan fingerprint density at radius 2 is 1.76 bits per heavy atom. The molecule has 0 aliphatic heterocycles. The van der Waals surface area contributed by atoms with E-state index in [9.17, 15) is 10.2 Å². The molecule has 0 saturated heterocycles. The molecule has 0 aromatic heterocycles. The Kier molecular flexibility index (Phi) is 4.50. The summed E-state index contributed by atoms with van der Waals surface area (Å²) in [5, 5.41) is 19.5. The van der Waals surface area contributed by atoms with E-state index in [1.807, 2.05) is 19.1 Å². The molecule has 1 aromatic carbocycles. The number of benzene rings is 1. The maximum absolute atomic E-state index is 9.86. The van der Waals surface area contributed by atoms with E-state index in [-0.39, 0.29) is 16.8 Å². The fourth-order valence-electron chi connectivity index (χ4n) is 1.50. The van der Waals surface area contributed by atoms with Crippen molar-refractivity contribution in [2.24, 2.45) is 0 Å². The second kappa shape index (κ2) is 5.32. The highest BCUT2D eigenvalue weighted by Gasteiger charge is 2.19. The maximum Gasteiger partial charge on any atom is 0.119 e. The molecule has 2 unspecified atom stereocenters. The molecule has 0 radical (unpaired) electrons. The van der Waals surface area contributed by atoms with Gasteiger partial charge in [0, 0.05) is 15.7 Å². The molecule has 0 fully saturated rings. The van der Waals surface area contributed by atoms with Crippen molar-refractivity contribution in [3.05, 3.63) is 23.8 Å². The smallest absolute Gasteiger partial charge is 0.119 e. The molecule has 0 heterocycles. The summed E-state index contributed by atoms with van der Waals surface area (Å²) in [5.41, 5.74) is 0.870. The molecular weight excluding hydrogens is 232 g/mol. The molecule has 0 aliphatic carbocycles. The lowest BCUT2D eigenvalue weighted by Crippen LogP contribution is -2.15. The van der Waals surface area contributed by atoms with Crippen molar-refractivity contribution in [2.45, 2.75) is 56.3 Å². The van der Waals surface area contributed by atoms with E-state index in [1.54, 1.807) is 24.8 Å². The third-order valence-corrected chi connectivity index (χ3v) is 4.07. The van der Waals surface area contributed by atoms with Crippen LogP contribution in [0.25, 0.3) is 0 Å². The SMILES string of the molecule is CC(O)C(C)Sc1ccc(O)c(C(C)(C)C)c1. The van der Waals surface area contributed by atoms with Gasteiger partial charge in [-0.2, -0.15) is 0 Å². The Labute approximate surface area is 108 Å². The van der Waals surface area contributed by atoms with Crippen LogP contribution in [0.5, 0.6) is 5.75 Å². The first-order chi connectivity index (χ1) is 7.71. The number of phenolic OH excluding ortho intramolecular Hbond substituents is 1. The highest BCUT2D eigenvalue weighted by Crippen LogP contribution is 2.35. The predicted molar refractivity (Wildman–Crippen MR) is 73.8 cm³/mol. The molecule has 0 spiro atoms. The number of rotatable bonds is 3. The number of phenols is 1. The summed E-state index contributed by atoms with van der Waals surface area (Å²) in [7, 11) is 0. The zero-order valence-corrected chi connectivity index (χ0v) is 12.0. The number of aliphatic hydroxyl groups is 1. The largest absolute Gasteiger partial charge is 0.508 e. The lowest BCUT2D eigenvalue weighted by molar-refractivity contribution is 0.196. The van der Waals surface area contributed by atoms with Gasteiger partial charge in [0.05, 0.1) is 6.10 Å². The first-order valence-electron chi connectivity index (χ1n) is 5.90. The van der Waals surface area contributed by atoms with Crippen LogP contribution in [-0.4, -0.2) is 21.6 Å². The van der Waals surface area contributed by atoms with Crippen molar-refractivity contribution in [1.82, 2.24) is 0 Å². The van der Waals surface area contributed by atoms with Crippen LogP contribution in [0.2, 0.25) is 0 Å². The summed E-state index contributed by atoms with van der Waals surface area (Å²) in [6.07, 6.45) is -0.341. The zero-order valence-electron chi connectivity index (χ0n) is 11.2. The topological polar surface area (TPSA) is 40.5 Å². The van der Waals surface area contributed by atoms with E-state index < -0.39 is 0 Å². The van der Waals surface area contributed by atoms with E-state index in [4.69, 9.17) is 0 Å². The number of hydrogen-bond acceptors (Lipinski definition) is 3. The van der Waals surface area contributed by atoms with Crippen molar-refractivity contribution in [3.8, 4) is 5.75 Å². The van der Waals surface area contributed by atoms with Gasteiger partial charge in [0.2, 0.25) is 0 Å². The summed E-state index contributed by atoms with van der Waals surface area (Å²) < 4.78 is 0. The van der Waals surface area contributed by atoms with Crippen LogP contribution in [0.4, 0.5) is 0 Å². The zero-order chi connectivity index (χ0) is 13.2. The Hall–Kier alpha value is -0.670. The van der Waals surface area contributed by atoms with Gasteiger partial charge >= 0.3 is 0 Å². The Morgan fingerprint density at radius 3 is 2.24 bits per heavy atom. The summed E-state index contributed by atoms with van der Waals surface area (Å²) in [6, 6.07) is 5.64. The van der Waals surface area contributed by atoms with Gasteiger partial charge < -0.3 is 10.2 Å². The fraction of sp³-hybridized carbons (Fsp3) is 0.571. The van der Waals surface area contributed by atoms with Crippen molar-refractivity contribution >= 4 is 11.8 Å². The van der Waals surface area contributed by atoms with E-state index in [0.717, 1.165) is 10.5 Å². The second-order valence-electron chi connectivity index (χ2n) is 5.49. The van der Waals surface area contributed by atoms with Gasteiger partial charge in [-0.25, -0.2) is 0 Å². The molecule has 17 heavy (non-hydrogen) atoms. The Balaban J connectivity index is 2.97. The predicted octanol–water partition coefficient (Wildman–Crippen LogP) is 3.55. The minimum atomic E-state index is -0.341. The van der Waals surface area contributed by atoms with Crippen LogP contribution in [0, 0.1) is 0 Å². The van der Waals surface area contributed by atoms with E-state index >= 15 is 0 Å². The monoisotopic (exact) mass is 254 g/mol. The molecule has 0 amide bonds. The van der Waals surface area contributed by atoms with E-state index in [2.05, 4.69) is 20.8 Å². The molecule has 2 nitrogen and oxygen atoms in total. The molecule has 0 saturated carbocycles. The van der Waals surface area contributed by atoms with Crippen molar-refractivity contribution in [2.75, 3.05) is 0 Å². The lowest BCUT2D eigenvalue weighted by atomic mass is 9.86. The molecule has 3 heteroatoms. The lowest BCUT2D eigenvalue weighted by Gasteiger charge is -2.22. The average molecular weight is 254 g/mol. The maximum atomic E-state index is 9.86. The van der Waals surface area contributed by atoms with Crippen LogP contribution in [-0.2, 0) is 5.41 Å². The van der Waals surface area contributed by atoms with Gasteiger partial charge in [0.1, 0.15) is 5.75 Å². The fourth-order valence-corrected chi connectivity index (χ4v) is 2.46. The second-order valence-corrected chi connectivity index (χ2v) is 6.94. The van der Waals surface area contributed by atoms with Gasteiger partial charge in [0.25, 0.3) is 0 Å². The quantitative estimate of drug-likeness (QED) is 0.810. The first-order valence-corrected chi connectivity index (χ1v) is 6.78. The summed E-state index contributed by atoms with van der Waals surface area (Å²) in [5.74, 6) is 0.339. The Bertz CT molecular complexity index is 380. The van der Waals surface area contributed by atoms with Gasteiger partial charge in [-0.15, -0.1) is 11.8 Å². The molecule has 2 atom stereocenters. The van der Waals surface area contributed by atoms with Crippen molar-refractivity contribution in [3.63, 3.8) is 0 Å². The van der Waals surface area contributed by atoms with Crippen molar-refractivity contribution < 1.29 is 10.2 Å². The highest BCUT2D eigenvalue weighted by atomic mass is 32.2. The number of aromatic hydroxyl groups is 1. The highest BCUT2D eigenvalue weighted by molar-refractivity contribution is 8.00. The molecule has 1 rings (SSSR count). The van der Waals surface area contributed by atoms with Gasteiger partial charge in [-0.05, 0) is 30.5 Å². The number of aliphatic hydroxyl groups excluding tert-OH is 1. The summed E-state index contributed by atoms with van der Waals surface area (Å²) in [4.78, 5) is 1.08. The molecule has 2 N–H and O–H groups in total. The van der Waals surface area contributed by atoms with Crippen LogP contribution in [0.1, 0.15) is 40.2 Å². The van der Waals surface area contributed by atoms with Crippen molar-refractivity contribution in [1.29, 1.82) is 0 Å². The normalized spacial score (nSPS) is 15.6. The summed E-state index contributed by atoms with van der Waals surface area (Å²) >= 11 is 1.63. The Morgan fingerprint density at radius 1 is 1.18 bits per heavy atom. The minimum absolute atomic E-state index is 0.0747. The van der Waals surface area contributed by atoms with Crippen LogP contribution < -0.4 is 0 Å². The summed E-state index contributed by atoms with van der Waals surface area (Å²) in [6.45, 7) is 10.0. The first kappa shape index (κ1) is 14.4. The molecule has 96 valence electrons. The third kappa shape index (κ3) is 3.93. The molecule has 0 aliphatic rings. The molecule has 1 aromatic rings. The van der Waals surface area contributed by atoms with Gasteiger partial charge in [-0.3, -0.25) is 0 Å². The molecule has 0 bridgehead atoms. The van der Waals surface area contributed by atoms with Gasteiger partial charge in [0.15, 0.2) is 0 Å². The number of thioether (sulfide) groups is 1. The third-order valence-electron chi connectivity index (χ3n) is 2.78. The number of hydrogen-bond donors (Lipinski definition) is 2. The van der Waals surface area contributed by atoms with E-state index in [0.29, 0.717) is 5.75 Å². The van der Waals surface area contributed by atoms with Crippen LogP contribution in [0.3, 0.4) is 0 Å². The molecular formula is C14H22O2S. The standard InChI is InChI=1S/C14H22O2S/c1-9(15)10(2)17-11-6-7-13(16)12(8-11)14(3,4)5/h6-10,15-16H,1-5H3. The van der Waals surface area contributed by atoms with Crippen LogP contribution in [0.15, 0.2) is 23.1 Å².